The molecule has 0 saturated carbocycles. The van der Waals surface area contributed by atoms with Gasteiger partial charge in [0.1, 0.15) is 0 Å². The Kier molecular flexibility index (Phi) is 6.16. The highest BCUT2D eigenvalue weighted by Gasteiger charge is 2.42. The van der Waals surface area contributed by atoms with Crippen molar-refractivity contribution in [3.05, 3.63) is 124 Å². The van der Waals surface area contributed by atoms with Crippen LogP contribution in [-0.4, -0.2) is 16.9 Å². The Hall–Kier alpha value is -3.74. The second-order valence-electron chi connectivity index (χ2n) is 7.34. The second-order valence-corrected chi connectivity index (χ2v) is 8.28. The normalized spacial score (nSPS) is 12.6. The smallest absolute Gasteiger partial charge is 0.281 e. The summed E-state index contributed by atoms with van der Waals surface area (Å²) in [6.45, 7) is 1.93. The second kappa shape index (κ2) is 9.18. The van der Waals surface area contributed by atoms with E-state index in [1.54, 1.807) is 78.2 Å². The highest BCUT2D eigenvalue weighted by Crippen LogP contribution is 2.34. The van der Waals surface area contributed by atoms with Gasteiger partial charge in [-0.05, 0) is 48.2 Å². The lowest BCUT2D eigenvalue weighted by molar-refractivity contribution is -0.136. The third-order valence-corrected chi connectivity index (χ3v) is 6.11. The lowest BCUT2D eigenvalue weighted by atomic mass is 9.90. The molecule has 0 aliphatic heterocycles. The van der Waals surface area contributed by atoms with Crippen LogP contribution < -0.4 is 10.4 Å². The molecule has 4 rings (SSSR count). The molecule has 0 aliphatic carbocycles. The van der Waals surface area contributed by atoms with Crippen molar-refractivity contribution in [2.75, 3.05) is 5.01 Å². The summed E-state index contributed by atoms with van der Waals surface area (Å²) in [4.78, 5) is 27.4. The predicted molar refractivity (Wildman–Crippen MR) is 126 cm³/mol. The van der Waals surface area contributed by atoms with E-state index in [0.29, 0.717) is 21.7 Å². The summed E-state index contributed by atoms with van der Waals surface area (Å²) < 4.78 is 0. The van der Waals surface area contributed by atoms with Gasteiger partial charge in [0.15, 0.2) is 0 Å². The number of nitrogens with zero attached hydrogens (tertiary/aromatic N) is 1. The number of carbonyl (C=O) groups is 2. The summed E-state index contributed by atoms with van der Waals surface area (Å²) in [6.07, 6.45) is 0. The number of rotatable bonds is 5. The van der Waals surface area contributed by atoms with E-state index in [-0.39, 0.29) is 0 Å². The van der Waals surface area contributed by atoms with E-state index in [9.17, 15) is 14.7 Å². The number of aliphatic hydroxyl groups is 1. The number of nitrogens with one attached hydrogen (secondary N) is 1. The number of thiophene rings is 1. The highest BCUT2D eigenvalue weighted by molar-refractivity contribution is 7.10. The average Bonchev–Trinajstić information content (AvgIpc) is 3.38. The van der Waals surface area contributed by atoms with Gasteiger partial charge in [0, 0.05) is 5.56 Å². The molecule has 1 aromatic heterocycles. The molecule has 0 radical (unpaired) electrons. The lowest BCUT2D eigenvalue weighted by Crippen LogP contribution is -2.54. The zero-order chi connectivity index (χ0) is 22.6. The third-order valence-electron chi connectivity index (χ3n) is 5.13. The fourth-order valence-electron chi connectivity index (χ4n) is 3.37. The first kappa shape index (κ1) is 21.5. The van der Waals surface area contributed by atoms with Crippen molar-refractivity contribution >= 4 is 28.8 Å². The van der Waals surface area contributed by atoms with Crippen LogP contribution >= 0.6 is 11.3 Å². The molecule has 160 valence electrons. The van der Waals surface area contributed by atoms with E-state index >= 15 is 0 Å². The fourth-order valence-corrected chi connectivity index (χ4v) is 4.21. The molecule has 3 aromatic carbocycles. The fraction of sp³-hybridized carbons (Fsp3) is 0.0769. The van der Waals surface area contributed by atoms with Crippen molar-refractivity contribution in [3.8, 4) is 0 Å². The first-order valence-electron chi connectivity index (χ1n) is 10.1. The molecule has 0 aliphatic rings. The maximum Gasteiger partial charge on any atom is 0.281 e. The number of carbonyl (C=O) groups excluding carboxylic acids is 2. The van der Waals surface area contributed by atoms with Crippen molar-refractivity contribution < 1.29 is 14.7 Å². The first-order valence-corrected chi connectivity index (χ1v) is 11.0. The van der Waals surface area contributed by atoms with Crippen LogP contribution in [0.1, 0.15) is 26.4 Å². The van der Waals surface area contributed by atoms with E-state index in [4.69, 9.17) is 0 Å². The minimum Gasteiger partial charge on any atom is -0.371 e. The number of hydrogen-bond acceptors (Lipinski definition) is 4. The van der Waals surface area contributed by atoms with Gasteiger partial charge in [-0.15, -0.1) is 11.3 Å². The quantitative estimate of drug-likeness (QED) is 0.441. The van der Waals surface area contributed by atoms with Gasteiger partial charge in [0.2, 0.25) is 5.60 Å². The largest absolute Gasteiger partial charge is 0.371 e. The molecule has 0 unspecified atom stereocenters. The molecule has 0 spiro atoms. The lowest BCUT2D eigenvalue weighted by Gasteiger charge is -2.31. The number of amides is 2. The Labute approximate surface area is 190 Å². The zero-order valence-corrected chi connectivity index (χ0v) is 18.3. The molecule has 0 fully saturated rings. The maximum atomic E-state index is 13.6. The summed E-state index contributed by atoms with van der Waals surface area (Å²) in [5.74, 6) is -1.14. The molecule has 2 N–H and O–H groups in total. The summed E-state index contributed by atoms with van der Waals surface area (Å²) in [6, 6.07) is 28.1. The van der Waals surface area contributed by atoms with Gasteiger partial charge in [-0.2, -0.15) is 0 Å². The van der Waals surface area contributed by atoms with Gasteiger partial charge in [-0.3, -0.25) is 15.0 Å². The van der Waals surface area contributed by atoms with E-state index in [1.807, 2.05) is 31.2 Å². The Morgan fingerprint density at radius 3 is 2.06 bits per heavy atom. The number of hydrazine groups is 1. The van der Waals surface area contributed by atoms with E-state index < -0.39 is 17.4 Å². The van der Waals surface area contributed by atoms with Crippen LogP contribution in [0.3, 0.4) is 0 Å². The molecule has 4 aromatic rings. The van der Waals surface area contributed by atoms with Crippen LogP contribution in [-0.2, 0) is 10.4 Å². The van der Waals surface area contributed by atoms with Crippen molar-refractivity contribution in [1.29, 1.82) is 0 Å². The molecule has 5 nitrogen and oxygen atoms in total. The number of aryl methyl sites for hydroxylation is 1. The van der Waals surface area contributed by atoms with Crippen molar-refractivity contribution in [2.24, 2.45) is 0 Å². The summed E-state index contributed by atoms with van der Waals surface area (Å²) >= 11 is 1.27. The molecule has 32 heavy (non-hydrogen) atoms. The number of para-hydroxylation sites is 1. The molecule has 1 heterocycles. The Morgan fingerprint density at radius 1 is 0.844 bits per heavy atom. The number of hydrogen-bond donors (Lipinski definition) is 2. The molecular weight excluding hydrogens is 420 g/mol. The Balaban J connectivity index is 1.75. The molecular formula is C26H22N2O3S. The molecule has 2 amide bonds. The van der Waals surface area contributed by atoms with E-state index in [0.717, 1.165) is 5.56 Å². The van der Waals surface area contributed by atoms with Crippen molar-refractivity contribution in [3.63, 3.8) is 0 Å². The van der Waals surface area contributed by atoms with E-state index in [2.05, 4.69) is 5.43 Å². The van der Waals surface area contributed by atoms with Crippen LogP contribution in [0.25, 0.3) is 0 Å². The topological polar surface area (TPSA) is 69.6 Å². The molecule has 6 heteroatoms. The molecule has 0 bridgehead atoms. The number of anilines is 1. The average molecular weight is 443 g/mol. The standard InChI is InChI=1S/C26H22N2O3S/c1-19-14-16-21(17-15-19)26(31,23-13-8-18-32-23)25(30)27-28(22-11-6-3-7-12-22)24(29)20-9-4-2-5-10-20/h2-18,31H,1H3,(H,27,30)/t26-/m1/s1. The predicted octanol–water partition coefficient (Wildman–Crippen LogP) is 4.67. The minimum absolute atomic E-state index is 0.409. The van der Waals surface area contributed by atoms with Gasteiger partial charge in [0.25, 0.3) is 11.8 Å². The highest BCUT2D eigenvalue weighted by atomic mass is 32.1. The van der Waals surface area contributed by atoms with E-state index in [1.165, 1.54) is 16.3 Å². The van der Waals surface area contributed by atoms with Gasteiger partial charge in [0.05, 0.1) is 10.6 Å². The third kappa shape index (κ3) is 4.19. The maximum absolute atomic E-state index is 13.6. The van der Waals surface area contributed by atoms with Gasteiger partial charge >= 0.3 is 0 Å². The van der Waals surface area contributed by atoms with Crippen LogP contribution in [0.5, 0.6) is 0 Å². The van der Waals surface area contributed by atoms with Crippen LogP contribution in [0.4, 0.5) is 5.69 Å². The summed E-state index contributed by atoms with van der Waals surface area (Å²) in [5.41, 5.74) is 3.02. The van der Waals surface area contributed by atoms with Gasteiger partial charge in [-0.25, -0.2) is 5.01 Å². The summed E-state index contributed by atoms with van der Waals surface area (Å²) in [7, 11) is 0. The SMILES string of the molecule is Cc1ccc([C@](O)(C(=O)NN(C(=O)c2ccccc2)c2ccccc2)c2cccs2)cc1. The zero-order valence-electron chi connectivity index (χ0n) is 17.4. The Morgan fingerprint density at radius 2 is 1.47 bits per heavy atom. The molecule has 0 saturated heterocycles. The molecule has 1 atom stereocenters. The summed E-state index contributed by atoms with van der Waals surface area (Å²) in [5, 5.41) is 14.7. The number of benzene rings is 3. The van der Waals surface area contributed by atoms with Crippen LogP contribution in [0.2, 0.25) is 0 Å². The van der Waals surface area contributed by atoms with Gasteiger partial charge < -0.3 is 5.11 Å². The van der Waals surface area contributed by atoms with Crippen LogP contribution in [0.15, 0.2) is 102 Å². The van der Waals surface area contributed by atoms with Crippen LogP contribution in [0, 0.1) is 6.92 Å². The van der Waals surface area contributed by atoms with Gasteiger partial charge in [-0.1, -0.05) is 72.3 Å². The monoisotopic (exact) mass is 442 g/mol. The first-order chi connectivity index (χ1) is 15.5. The minimum atomic E-state index is -1.97. The Bertz CT molecular complexity index is 1190. The van der Waals surface area contributed by atoms with Crippen molar-refractivity contribution in [1.82, 2.24) is 5.43 Å². The van der Waals surface area contributed by atoms with Crippen molar-refractivity contribution in [2.45, 2.75) is 12.5 Å².